The number of rotatable bonds is 3. The first kappa shape index (κ1) is 20.4. The van der Waals surface area contributed by atoms with E-state index >= 15 is 0 Å². The maximum absolute atomic E-state index is 13.3. The van der Waals surface area contributed by atoms with E-state index in [0.29, 0.717) is 22.9 Å². The molecule has 0 aromatic carbocycles. The van der Waals surface area contributed by atoms with Crippen LogP contribution in [0.4, 0.5) is 22.1 Å². The molecule has 1 atom stereocenters. The van der Waals surface area contributed by atoms with Crippen LogP contribution in [0.2, 0.25) is 0 Å². The minimum Gasteiger partial charge on any atom is -0.366 e. The lowest BCUT2D eigenvalue weighted by atomic mass is 9.99. The number of carbonyl (C=O) groups excluding carboxylic acids is 1. The smallest absolute Gasteiger partial charge is 0.329 e. The molecule has 1 N–H and O–H groups in total. The van der Waals surface area contributed by atoms with Gasteiger partial charge in [-0.25, -0.2) is 23.2 Å². The van der Waals surface area contributed by atoms with Crippen molar-refractivity contribution in [2.24, 2.45) is 0 Å². The second-order valence-corrected chi connectivity index (χ2v) is 9.99. The van der Waals surface area contributed by atoms with Crippen LogP contribution >= 0.6 is 0 Å². The van der Waals surface area contributed by atoms with Gasteiger partial charge in [-0.05, 0) is 43.2 Å². The number of nitrogens with one attached hydrogen (secondary N) is 1. The van der Waals surface area contributed by atoms with E-state index in [-0.39, 0.29) is 17.0 Å². The molecule has 0 unspecified atom stereocenters. The molecule has 0 aliphatic carbocycles. The van der Waals surface area contributed by atoms with Gasteiger partial charge in [-0.3, -0.25) is 15.2 Å². The highest BCUT2D eigenvalue weighted by atomic mass is 32.2. The zero-order valence-corrected chi connectivity index (χ0v) is 18.3. The Labute approximate surface area is 186 Å². The van der Waals surface area contributed by atoms with Crippen LogP contribution < -0.4 is 15.1 Å². The molecular formula is C22H22N6O3S. The van der Waals surface area contributed by atoms with Crippen LogP contribution in [-0.2, 0) is 9.84 Å². The lowest BCUT2D eigenvalue weighted by Crippen LogP contribution is -2.56. The molecule has 5 rings (SSSR count). The number of sulfone groups is 1. The molecule has 1 fully saturated rings. The lowest BCUT2D eigenvalue weighted by molar-refractivity contribution is 0.252. The molecule has 2 amide bonds. The number of hydrogen-bond donors (Lipinski definition) is 1. The Morgan fingerprint density at radius 2 is 2.06 bits per heavy atom. The van der Waals surface area contributed by atoms with Gasteiger partial charge in [0.1, 0.15) is 5.82 Å². The van der Waals surface area contributed by atoms with Gasteiger partial charge in [-0.1, -0.05) is 6.07 Å². The van der Waals surface area contributed by atoms with E-state index < -0.39 is 9.84 Å². The molecule has 2 aliphatic rings. The summed E-state index contributed by atoms with van der Waals surface area (Å²) >= 11 is 0. The molecular weight excluding hydrogens is 428 g/mol. The number of hydrogen-bond acceptors (Lipinski definition) is 7. The van der Waals surface area contributed by atoms with Crippen molar-refractivity contribution in [2.45, 2.75) is 23.8 Å². The average molecular weight is 451 g/mol. The molecule has 3 aromatic rings. The first-order chi connectivity index (χ1) is 15.4. The summed E-state index contributed by atoms with van der Waals surface area (Å²) in [6.45, 7) is 1.65. The highest BCUT2D eigenvalue weighted by Gasteiger charge is 2.38. The second-order valence-electron chi connectivity index (χ2n) is 7.98. The average Bonchev–Trinajstić information content (AvgIpc) is 2.79. The van der Waals surface area contributed by atoms with Gasteiger partial charge in [0.15, 0.2) is 15.7 Å². The Morgan fingerprint density at radius 3 is 2.84 bits per heavy atom. The summed E-state index contributed by atoms with van der Waals surface area (Å²) in [6, 6.07) is 10.4. The van der Waals surface area contributed by atoms with Gasteiger partial charge in [-0.2, -0.15) is 0 Å². The molecule has 3 aromatic heterocycles. The highest BCUT2D eigenvalue weighted by molar-refractivity contribution is 7.90. The van der Waals surface area contributed by atoms with E-state index in [1.807, 2.05) is 18.2 Å². The number of anilines is 3. The summed E-state index contributed by atoms with van der Waals surface area (Å²) in [5, 5.41) is 2.87. The fourth-order valence-corrected chi connectivity index (χ4v) is 4.81. The van der Waals surface area contributed by atoms with Gasteiger partial charge in [0, 0.05) is 43.5 Å². The number of pyridine rings is 3. The van der Waals surface area contributed by atoms with Crippen molar-refractivity contribution < 1.29 is 13.2 Å². The van der Waals surface area contributed by atoms with Gasteiger partial charge in [-0.15, -0.1) is 0 Å². The van der Waals surface area contributed by atoms with E-state index in [0.717, 1.165) is 37.9 Å². The van der Waals surface area contributed by atoms with Crippen LogP contribution in [0.1, 0.15) is 12.8 Å². The molecule has 0 radical (unpaired) electrons. The molecule has 164 valence electrons. The minimum atomic E-state index is -3.40. The highest BCUT2D eigenvalue weighted by Crippen LogP contribution is 2.39. The van der Waals surface area contributed by atoms with Crippen molar-refractivity contribution >= 4 is 33.2 Å². The van der Waals surface area contributed by atoms with E-state index in [9.17, 15) is 13.2 Å². The molecule has 2 aliphatic heterocycles. The van der Waals surface area contributed by atoms with Gasteiger partial charge >= 0.3 is 6.03 Å². The SMILES string of the molecule is CS(=O)(=O)c1cncc(-c2ccc3c(n2)N(C(=O)Nc2ccccn2)[C@H]2CCCN3C2)c1. The molecule has 0 spiro atoms. The monoisotopic (exact) mass is 450 g/mol. The predicted octanol–water partition coefficient (Wildman–Crippen LogP) is 2.96. The van der Waals surface area contributed by atoms with Crippen molar-refractivity contribution in [3.05, 3.63) is 55.0 Å². The molecule has 10 heteroatoms. The minimum absolute atomic E-state index is 0.0109. The fourth-order valence-electron chi connectivity index (χ4n) is 4.21. The molecule has 5 heterocycles. The van der Waals surface area contributed by atoms with Crippen molar-refractivity contribution in [1.29, 1.82) is 0 Å². The van der Waals surface area contributed by atoms with Crippen molar-refractivity contribution in [3.63, 3.8) is 0 Å². The summed E-state index contributed by atoms with van der Waals surface area (Å²) < 4.78 is 23.9. The Balaban J connectivity index is 1.57. The topological polar surface area (TPSA) is 108 Å². The largest absolute Gasteiger partial charge is 0.366 e. The van der Waals surface area contributed by atoms with Crippen LogP contribution in [-0.4, -0.2) is 54.8 Å². The number of nitrogens with zero attached hydrogens (tertiary/aromatic N) is 5. The van der Waals surface area contributed by atoms with Crippen LogP contribution in [0.15, 0.2) is 59.9 Å². The number of carbonyl (C=O) groups is 1. The Morgan fingerprint density at radius 1 is 1.19 bits per heavy atom. The van der Waals surface area contributed by atoms with E-state index in [2.05, 4.69) is 20.2 Å². The van der Waals surface area contributed by atoms with Crippen LogP contribution in [0.3, 0.4) is 0 Å². The van der Waals surface area contributed by atoms with Gasteiger partial charge < -0.3 is 4.90 Å². The number of fused-ring (bicyclic) bond motifs is 4. The molecule has 32 heavy (non-hydrogen) atoms. The van der Waals surface area contributed by atoms with E-state index in [1.165, 1.54) is 6.20 Å². The second kappa shape index (κ2) is 7.86. The van der Waals surface area contributed by atoms with E-state index in [4.69, 9.17) is 4.98 Å². The quantitative estimate of drug-likeness (QED) is 0.653. The number of piperidine rings is 1. The van der Waals surface area contributed by atoms with Gasteiger partial charge in [0.25, 0.3) is 0 Å². The third-order valence-corrected chi connectivity index (χ3v) is 6.82. The van der Waals surface area contributed by atoms with Crippen molar-refractivity contribution in [3.8, 4) is 11.3 Å². The normalized spacial score (nSPS) is 17.6. The standard InChI is InChI=1S/C22H22N6O3S/c1-32(30,31)17-11-15(12-23-13-17)18-7-8-19-21(25-18)28(16-5-4-10-27(19)14-16)22(29)26-20-6-2-3-9-24-20/h2-3,6-9,11-13,16H,4-5,10,14H2,1H3,(H,24,26,29)/t16-/m0/s1. The molecule has 1 saturated heterocycles. The van der Waals surface area contributed by atoms with E-state index in [1.54, 1.807) is 35.5 Å². The Hall–Kier alpha value is -3.53. The van der Waals surface area contributed by atoms with Gasteiger partial charge in [0.2, 0.25) is 0 Å². The molecule has 9 nitrogen and oxygen atoms in total. The van der Waals surface area contributed by atoms with Crippen LogP contribution in [0, 0.1) is 0 Å². The Bertz CT molecular complexity index is 1280. The number of urea groups is 1. The molecule has 0 saturated carbocycles. The number of aromatic nitrogens is 3. The summed E-state index contributed by atoms with van der Waals surface area (Å²) in [4.78, 5) is 30.4. The number of amides is 2. The third kappa shape index (κ3) is 3.77. The summed E-state index contributed by atoms with van der Waals surface area (Å²) in [6.07, 6.45) is 7.53. The first-order valence-electron chi connectivity index (χ1n) is 10.3. The van der Waals surface area contributed by atoms with Crippen LogP contribution in [0.5, 0.6) is 0 Å². The van der Waals surface area contributed by atoms with Crippen molar-refractivity contribution in [1.82, 2.24) is 15.0 Å². The maximum Gasteiger partial charge on any atom is 0.329 e. The first-order valence-corrected chi connectivity index (χ1v) is 12.2. The molecule has 2 bridgehead atoms. The predicted molar refractivity (Wildman–Crippen MR) is 122 cm³/mol. The van der Waals surface area contributed by atoms with Gasteiger partial charge in [0.05, 0.1) is 22.3 Å². The zero-order valence-electron chi connectivity index (χ0n) is 17.5. The summed E-state index contributed by atoms with van der Waals surface area (Å²) in [5.41, 5.74) is 2.01. The maximum atomic E-state index is 13.3. The summed E-state index contributed by atoms with van der Waals surface area (Å²) in [7, 11) is -3.40. The zero-order chi connectivity index (χ0) is 22.3. The van der Waals surface area contributed by atoms with Crippen LogP contribution in [0.25, 0.3) is 11.3 Å². The lowest BCUT2D eigenvalue weighted by Gasteiger charge is -2.45. The fraction of sp³-hybridized carbons (Fsp3) is 0.273. The van der Waals surface area contributed by atoms with Crippen molar-refractivity contribution in [2.75, 3.05) is 34.5 Å². The Kier molecular flexibility index (Phi) is 5.01. The summed E-state index contributed by atoms with van der Waals surface area (Å²) in [5.74, 6) is 1.02. The third-order valence-electron chi connectivity index (χ3n) is 5.74.